The topological polar surface area (TPSA) is 61.0 Å². The van der Waals surface area contributed by atoms with Crippen LogP contribution in [0.15, 0.2) is 78.9 Å². The molecule has 0 saturated carbocycles. The fraction of sp³-hybridized carbons (Fsp3) is 0.0870. The SMILES string of the molecule is O=[N+]([O-])c1ccc(-n2nc(C(F)(F)F)cc2-c2ccc(-c3ccc(C(F)(F)F)cc3)cc2)cc1. The molecule has 0 N–H and O–H groups in total. The maximum Gasteiger partial charge on any atom is 0.435 e. The van der Waals surface area contributed by atoms with E-state index < -0.39 is 28.5 Å². The summed E-state index contributed by atoms with van der Waals surface area (Å²) < 4.78 is 79.3. The minimum atomic E-state index is -4.72. The summed E-state index contributed by atoms with van der Waals surface area (Å²) in [6.45, 7) is 0. The molecule has 5 nitrogen and oxygen atoms in total. The maximum atomic E-state index is 13.3. The molecule has 0 amide bonds. The molecule has 4 aromatic rings. The molecular formula is C23H13F6N3O2. The molecule has 3 aromatic carbocycles. The third-order valence-corrected chi connectivity index (χ3v) is 5.03. The van der Waals surface area contributed by atoms with E-state index in [1.165, 1.54) is 36.4 Å². The van der Waals surface area contributed by atoms with Crippen LogP contribution >= 0.6 is 0 Å². The normalized spacial score (nSPS) is 12.1. The molecule has 0 aliphatic heterocycles. The molecule has 34 heavy (non-hydrogen) atoms. The van der Waals surface area contributed by atoms with Crippen LogP contribution in [-0.2, 0) is 12.4 Å². The van der Waals surface area contributed by atoms with Crippen LogP contribution in [0.4, 0.5) is 32.0 Å². The number of aromatic nitrogens is 2. The van der Waals surface area contributed by atoms with Crippen LogP contribution < -0.4 is 0 Å². The lowest BCUT2D eigenvalue weighted by molar-refractivity contribution is -0.384. The zero-order valence-electron chi connectivity index (χ0n) is 16.9. The van der Waals surface area contributed by atoms with E-state index in [4.69, 9.17) is 0 Å². The highest BCUT2D eigenvalue weighted by Gasteiger charge is 2.35. The van der Waals surface area contributed by atoms with Crippen molar-refractivity contribution in [3.05, 3.63) is 100 Å². The summed E-state index contributed by atoms with van der Waals surface area (Å²) in [6.07, 6.45) is -9.18. The standard InChI is InChI=1S/C23H13F6N3O2/c24-22(25,26)17-7-5-15(6-8-17)14-1-3-16(4-2-14)20-13-21(23(27,28)29)30-31(20)18-9-11-19(12-10-18)32(33)34/h1-13H. The highest BCUT2D eigenvalue weighted by atomic mass is 19.4. The predicted molar refractivity (Wildman–Crippen MR) is 111 cm³/mol. The van der Waals surface area contributed by atoms with Crippen LogP contribution in [0.2, 0.25) is 0 Å². The molecule has 11 heteroatoms. The fourth-order valence-corrected chi connectivity index (χ4v) is 3.32. The van der Waals surface area contributed by atoms with Gasteiger partial charge in [-0.25, -0.2) is 4.68 Å². The first-order chi connectivity index (χ1) is 15.9. The molecule has 4 rings (SSSR count). The van der Waals surface area contributed by atoms with Crippen LogP contribution in [0, 0.1) is 10.1 Å². The van der Waals surface area contributed by atoms with E-state index in [2.05, 4.69) is 5.10 Å². The number of nitrogens with zero attached hydrogens (tertiary/aromatic N) is 3. The van der Waals surface area contributed by atoms with Crippen molar-refractivity contribution in [3.63, 3.8) is 0 Å². The summed E-state index contributed by atoms with van der Waals surface area (Å²) >= 11 is 0. The summed E-state index contributed by atoms with van der Waals surface area (Å²) in [5, 5.41) is 14.5. The second-order valence-electron chi connectivity index (χ2n) is 7.25. The Morgan fingerprint density at radius 1 is 0.706 bits per heavy atom. The third-order valence-electron chi connectivity index (χ3n) is 5.03. The number of hydrogen-bond donors (Lipinski definition) is 0. The molecule has 0 radical (unpaired) electrons. The number of hydrogen-bond acceptors (Lipinski definition) is 3. The van der Waals surface area contributed by atoms with Crippen molar-refractivity contribution >= 4 is 5.69 Å². The van der Waals surface area contributed by atoms with E-state index in [-0.39, 0.29) is 17.1 Å². The van der Waals surface area contributed by atoms with E-state index in [9.17, 15) is 36.5 Å². The van der Waals surface area contributed by atoms with Gasteiger partial charge in [0.2, 0.25) is 0 Å². The van der Waals surface area contributed by atoms with E-state index in [1.54, 1.807) is 12.1 Å². The van der Waals surface area contributed by atoms with Crippen molar-refractivity contribution in [2.24, 2.45) is 0 Å². The lowest BCUT2D eigenvalue weighted by Gasteiger charge is -2.10. The van der Waals surface area contributed by atoms with Gasteiger partial charge in [0.25, 0.3) is 5.69 Å². The first-order valence-electron chi connectivity index (χ1n) is 9.63. The number of benzene rings is 3. The highest BCUT2D eigenvalue weighted by Crippen LogP contribution is 2.35. The van der Waals surface area contributed by atoms with Gasteiger partial charge in [-0.05, 0) is 41.5 Å². The molecule has 0 unspecified atom stereocenters. The lowest BCUT2D eigenvalue weighted by atomic mass is 10.0. The van der Waals surface area contributed by atoms with Gasteiger partial charge in [0.1, 0.15) is 0 Å². The van der Waals surface area contributed by atoms with E-state index in [0.29, 0.717) is 16.7 Å². The Kier molecular flexibility index (Phi) is 5.64. The van der Waals surface area contributed by atoms with Crippen molar-refractivity contribution in [2.75, 3.05) is 0 Å². The Morgan fingerprint density at radius 2 is 1.21 bits per heavy atom. The molecule has 0 fully saturated rings. The van der Waals surface area contributed by atoms with Gasteiger partial charge in [-0.1, -0.05) is 36.4 Å². The molecule has 1 heterocycles. The second kappa shape index (κ2) is 8.32. The van der Waals surface area contributed by atoms with Crippen molar-refractivity contribution in [1.29, 1.82) is 0 Å². The summed E-state index contributed by atoms with van der Waals surface area (Å²) in [7, 11) is 0. The fourth-order valence-electron chi connectivity index (χ4n) is 3.32. The second-order valence-corrected chi connectivity index (χ2v) is 7.25. The van der Waals surface area contributed by atoms with Gasteiger partial charge in [-0.2, -0.15) is 31.4 Å². The quantitative estimate of drug-likeness (QED) is 0.178. The van der Waals surface area contributed by atoms with Crippen molar-refractivity contribution < 1.29 is 31.3 Å². The molecule has 0 atom stereocenters. The summed E-state index contributed by atoms with van der Waals surface area (Å²) in [5.74, 6) is 0. The van der Waals surface area contributed by atoms with E-state index in [0.717, 1.165) is 35.0 Å². The molecule has 0 spiro atoms. The number of rotatable bonds is 4. The number of halogens is 6. The number of alkyl halides is 6. The zero-order chi connectivity index (χ0) is 24.7. The van der Waals surface area contributed by atoms with Crippen LogP contribution in [0.1, 0.15) is 11.3 Å². The van der Waals surface area contributed by atoms with Gasteiger partial charge in [0.05, 0.1) is 21.9 Å². The Morgan fingerprint density at radius 3 is 1.68 bits per heavy atom. The molecule has 0 aliphatic carbocycles. The van der Waals surface area contributed by atoms with E-state index in [1.807, 2.05) is 0 Å². The number of non-ortho nitro benzene ring substituents is 1. The minimum absolute atomic E-state index is 0.0835. The lowest BCUT2D eigenvalue weighted by Crippen LogP contribution is -2.07. The van der Waals surface area contributed by atoms with Crippen LogP contribution in [0.3, 0.4) is 0 Å². The van der Waals surface area contributed by atoms with Gasteiger partial charge in [0, 0.05) is 17.7 Å². The summed E-state index contributed by atoms with van der Waals surface area (Å²) in [5.41, 5.74) is -0.476. The van der Waals surface area contributed by atoms with E-state index >= 15 is 0 Å². The van der Waals surface area contributed by atoms with Crippen molar-refractivity contribution in [3.8, 4) is 28.1 Å². The molecule has 0 aliphatic rings. The van der Waals surface area contributed by atoms with Gasteiger partial charge in [0.15, 0.2) is 5.69 Å². The minimum Gasteiger partial charge on any atom is -0.258 e. The molecule has 1 aromatic heterocycles. The number of nitro benzene ring substituents is 1. The van der Waals surface area contributed by atoms with Gasteiger partial charge in [-0.3, -0.25) is 10.1 Å². The van der Waals surface area contributed by atoms with Crippen LogP contribution in [0.25, 0.3) is 28.1 Å². The van der Waals surface area contributed by atoms with Gasteiger partial charge in [-0.15, -0.1) is 0 Å². The van der Waals surface area contributed by atoms with Crippen molar-refractivity contribution in [2.45, 2.75) is 12.4 Å². The third kappa shape index (κ3) is 4.63. The first kappa shape index (κ1) is 23.0. The Hall–Kier alpha value is -4.15. The molecule has 174 valence electrons. The van der Waals surface area contributed by atoms with Crippen molar-refractivity contribution in [1.82, 2.24) is 9.78 Å². The summed E-state index contributed by atoms with van der Waals surface area (Å²) in [6, 6.07) is 16.4. The predicted octanol–water partition coefficient (Wildman–Crippen LogP) is 7.15. The molecule has 0 saturated heterocycles. The van der Waals surface area contributed by atoms with Crippen LogP contribution in [0.5, 0.6) is 0 Å². The van der Waals surface area contributed by atoms with Gasteiger partial charge < -0.3 is 0 Å². The summed E-state index contributed by atoms with van der Waals surface area (Å²) in [4.78, 5) is 10.2. The zero-order valence-corrected chi connectivity index (χ0v) is 16.9. The highest BCUT2D eigenvalue weighted by molar-refractivity contribution is 5.70. The molecular weight excluding hydrogens is 464 g/mol. The van der Waals surface area contributed by atoms with Gasteiger partial charge >= 0.3 is 12.4 Å². The van der Waals surface area contributed by atoms with Crippen LogP contribution in [-0.4, -0.2) is 14.7 Å². The monoisotopic (exact) mass is 477 g/mol. The maximum absolute atomic E-state index is 13.3. The first-order valence-corrected chi connectivity index (χ1v) is 9.63. The largest absolute Gasteiger partial charge is 0.435 e. The Labute approximate surface area is 188 Å². The smallest absolute Gasteiger partial charge is 0.258 e. The average Bonchev–Trinajstić information content (AvgIpc) is 3.25. The Bertz CT molecular complexity index is 1320. The Balaban J connectivity index is 1.72. The number of nitro groups is 1. The molecule has 0 bridgehead atoms. The average molecular weight is 477 g/mol.